The molecular weight excluding hydrogens is 809 g/mol. The Balaban J connectivity index is 1.06. The van der Waals surface area contributed by atoms with Crippen LogP contribution in [-0.4, -0.2) is 4.57 Å². The molecule has 4 atom stereocenters. The number of fused-ring (bicyclic) bond motifs is 9. The smallest absolute Gasteiger partial charge is 0.0538 e. The molecule has 0 fully saturated rings. The SMILES string of the molecule is C=C1/C=C(c2ccc3c(c2)c2c(n3-c3cccc4ccccc34)C(C)C3C(=C2)c2ccccc2C3(C2=CC(C)CC=C2)c2ccccc2)\C=C/N(c2cccc3ccccc23)c2ccccc21. The quantitative estimate of drug-likeness (QED) is 0.167. The normalized spacial score (nSPS) is 21.9. The molecule has 0 N–H and O–H groups in total. The third-order valence-corrected chi connectivity index (χ3v) is 15.3. The number of rotatable bonds is 5. The van der Waals surface area contributed by atoms with Crippen LogP contribution in [0.1, 0.15) is 65.3 Å². The van der Waals surface area contributed by atoms with Crippen molar-refractivity contribution in [3.05, 3.63) is 270 Å². The maximum atomic E-state index is 4.72. The number of nitrogens with zero attached hydrogens (tertiary/aromatic N) is 2. The second-order valence-electron chi connectivity index (χ2n) is 19.0. The van der Waals surface area contributed by atoms with Crippen LogP contribution in [0.2, 0.25) is 0 Å². The Kier molecular flexibility index (Phi) is 9.02. The summed E-state index contributed by atoms with van der Waals surface area (Å²) < 4.78 is 2.63. The van der Waals surface area contributed by atoms with E-state index in [2.05, 4.69) is 248 Å². The number of anilines is 2. The van der Waals surface area contributed by atoms with Crippen LogP contribution in [0.25, 0.3) is 60.9 Å². The Bertz CT molecular complexity index is 3670. The highest BCUT2D eigenvalue weighted by Crippen LogP contribution is 2.65. The zero-order chi connectivity index (χ0) is 44.8. The molecule has 1 aromatic heterocycles. The van der Waals surface area contributed by atoms with Gasteiger partial charge in [-0.1, -0.05) is 190 Å². The Morgan fingerprint density at radius 2 is 1.24 bits per heavy atom. The standard InChI is InChI=1S/C65H50N2/c1-42-18-15-25-50(38-42)65(49-23-5-4-6-24-49)58-30-13-11-29-54(58)56-41-57-55-40-47(34-35-62(55)67(64(57)44(3)63(56)65)61-33-17-22-46-20-8-10-28-53(46)61)48-36-37-66(59-31-14-12-26-51(59)43(2)39-48)60-32-16-21-45-19-7-9-27-52(45)60/h4-17,19-42,44,63H,2,18H2,1,3H3/b37-36-,48-39+. The first kappa shape index (κ1) is 39.4. The van der Waals surface area contributed by atoms with Crippen molar-refractivity contribution in [3.8, 4) is 5.69 Å². The van der Waals surface area contributed by atoms with E-state index in [1.54, 1.807) is 0 Å². The fraction of sp³-hybridized carbons (Fsp3) is 0.108. The van der Waals surface area contributed by atoms with Crippen molar-refractivity contribution >= 4 is 66.6 Å². The largest absolute Gasteiger partial charge is 0.316 e. The molecule has 1 aliphatic heterocycles. The third kappa shape index (κ3) is 5.89. The van der Waals surface area contributed by atoms with E-state index in [4.69, 9.17) is 6.58 Å². The number of benzene rings is 8. The highest BCUT2D eigenvalue weighted by atomic mass is 15.1. The van der Waals surface area contributed by atoms with E-state index in [0.717, 1.165) is 40.1 Å². The highest BCUT2D eigenvalue weighted by molar-refractivity contribution is 6.06. The van der Waals surface area contributed by atoms with E-state index in [0.29, 0.717) is 5.92 Å². The zero-order valence-electron chi connectivity index (χ0n) is 37.9. The summed E-state index contributed by atoms with van der Waals surface area (Å²) >= 11 is 0. The summed E-state index contributed by atoms with van der Waals surface area (Å²) in [5.41, 5.74) is 18.3. The lowest BCUT2D eigenvalue weighted by Crippen LogP contribution is -2.39. The van der Waals surface area contributed by atoms with Gasteiger partial charge in [-0.25, -0.2) is 0 Å². The lowest BCUT2D eigenvalue weighted by molar-refractivity contribution is 0.407. The van der Waals surface area contributed by atoms with Gasteiger partial charge < -0.3 is 9.47 Å². The molecule has 0 bridgehead atoms. The molecule has 0 saturated heterocycles. The van der Waals surface area contributed by atoms with Gasteiger partial charge in [0.05, 0.1) is 28.0 Å². The van der Waals surface area contributed by atoms with Gasteiger partial charge in [0.15, 0.2) is 0 Å². The van der Waals surface area contributed by atoms with Crippen LogP contribution in [0.3, 0.4) is 0 Å². The topological polar surface area (TPSA) is 8.17 Å². The average Bonchev–Trinajstić information content (AvgIpc) is 3.86. The first-order chi connectivity index (χ1) is 33.0. The van der Waals surface area contributed by atoms with Crippen molar-refractivity contribution in [2.75, 3.05) is 4.90 Å². The number of allylic oxidation sites excluding steroid dienone is 9. The van der Waals surface area contributed by atoms with Crippen molar-refractivity contribution in [1.82, 2.24) is 4.57 Å². The van der Waals surface area contributed by atoms with Gasteiger partial charge in [-0.05, 0) is 116 Å². The van der Waals surface area contributed by atoms with Crippen LogP contribution < -0.4 is 4.90 Å². The van der Waals surface area contributed by atoms with Gasteiger partial charge >= 0.3 is 0 Å². The van der Waals surface area contributed by atoms with Crippen molar-refractivity contribution < 1.29 is 0 Å². The van der Waals surface area contributed by atoms with Crippen molar-refractivity contribution in [2.45, 2.75) is 31.6 Å². The molecular formula is C65H50N2. The predicted molar refractivity (Wildman–Crippen MR) is 284 cm³/mol. The summed E-state index contributed by atoms with van der Waals surface area (Å²) in [5, 5.41) is 6.17. The average molecular weight is 859 g/mol. The zero-order valence-corrected chi connectivity index (χ0v) is 37.9. The van der Waals surface area contributed by atoms with Gasteiger partial charge in [-0.3, -0.25) is 0 Å². The summed E-state index contributed by atoms with van der Waals surface area (Å²) in [4.78, 5) is 2.34. The van der Waals surface area contributed by atoms with Crippen LogP contribution >= 0.6 is 0 Å². The Hall–Kier alpha value is -7.94. The summed E-state index contributed by atoms with van der Waals surface area (Å²) in [6, 6.07) is 67.4. The summed E-state index contributed by atoms with van der Waals surface area (Å²) in [6.45, 7) is 9.60. The lowest BCUT2D eigenvalue weighted by Gasteiger charge is -2.44. The Morgan fingerprint density at radius 1 is 0.582 bits per heavy atom. The minimum atomic E-state index is -0.377. The fourth-order valence-electron chi connectivity index (χ4n) is 12.5. The number of para-hydroxylation sites is 1. The van der Waals surface area contributed by atoms with Gasteiger partial charge in [-0.15, -0.1) is 0 Å². The molecule has 4 unspecified atom stereocenters. The molecule has 320 valence electrons. The van der Waals surface area contributed by atoms with Crippen LogP contribution in [-0.2, 0) is 5.41 Å². The molecule has 4 aliphatic rings. The molecule has 0 saturated carbocycles. The Morgan fingerprint density at radius 3 is 2.03 bits per heavy atom. The first-order valence-corrected chi connectivity index (χ1v) is 23.9. The number of hydrogen-bond acceptors (Lipinski definition) is 1. The maximum Gasteiger partial charge on any atom is 0.0538 e. The van der Waals surface area contributed by atoms with Gasteiger partial charge in [0, 0.05) is 51.0 Å². The van der Waals surface area contributed by atoms with Crippen LogP contribution in [0.15, 0.2) is 231 Å². The second-order valence-corrected chi connectivity index (χ2v) is 19.0. The van der Waals surface area contributed by atoms with Gasteiger partial charge in [0.25, 0.3) is 0 Å². The number of hydrogen-bond donors (Lipinski definition) is 0. The van der Waals surface area contributed by atoms with Gasteiger partial charge in [-0.2, -0.15) is 0 Å². The van der Waals surface area contributed by atoms with E-state index < -0.39 is 0 Å². The van der Waals surface area contributed by atoms with E-state index in [9.17, 15) is 0 Å². The van der Waals surface area contributed by atoms with E-state index in [1.165, 1.54) is 77.2 Å². The van der Waals surface area contributed by atoms with Crippen molar-refractivity contribution in [3.63, 3.8) is 0 Å². The molecule has 8 aromatic carbocycles. The van der Waals surface area contributed by atoms with E-state index in [1.807, 2.05) is 0 Å². The summed E-state index contributed by atoms with van der Waals surface area (Å²) in [7, 11) is 0. The second kappa shape index (κ2) is 15.3. The van der Waals surface area contributed by atoms with Crippen molar-refractivity contribution in [1.29, 1.82) is 0 Å². The van der Waals surface area contributed by atoms with Crippen molar-refractivity contribution in [2.24, 2.45) is 11.8 Å². The van der Waals surface area contributed by atoms with Crippen LogP contribution in [0, 0.1) is 11.8 Å². The molecule has 2 nitrogen and oxygen atoms in total. The molecule has 0 radical (unpaired) electrons. The summed E-state index contributed by atoms with van der Waals surface area (Å²) in [6.07, 6.45) is 17.9. The maximum absolute atomic E-state index is 4.72. The minimum absolute atomic E-state index is 0.134. The summed E-state index contributed by atoms with van der Waals surface area (Å²) in [5.74, 6) is 0.740. The number of aromatic nitrogens is 1. The van der Waals surface area contributed by atoms with Gasteiger partial charge in [0.2, 0.25) is 0 Å². The third-order valence-electron chi connectivity index (χ3n) is 15.3. The Labute approximate surface area is 393 Å². The van der Waals surface area contributed by atoms with E-state index >= 15 is 0 Å². The molecule has 13 rings (SSSR count). The monoisotopic (exact) mass is 858 g/mol. The molecule has 2 heteroatoms. The fourth-order valence-corrected chi connectivity index (χ4v) is 12.5. The van der Waals surface area contributed by atoms with E-state index in [-0.39, 0.29) is 17.3 Å². The van der Waals surface area contributed by atoms with Gasteiger partial charge in [0.1, 0.15) is 0 Å². The molecule has 67 heavy (non-hydrogen) atoms. The first-order valence-electron chi connectivity index (χ1n) is 23.9. The molecule has 0 amide bonds. The van der Waals surface area contributed by atoms with Crippen LogP contribution in [0.4, 0.5) is 11.4 Å². The molecule has 2 heterocycles. The minimum Gasteiger partial charge on any atom is -0.316 e. The predicted octanol–water partition coefficient (Wildman–Crippen LogP) is 16.8. The highest BCUT2D eigenvalue weighted by Gasteiger charge is 2.56. The molecule has 0 spiro atoms. The lowest BCUT2D eigenvalue weighted by atomic mass is 9.58. The molecule has 9 aromatic rings. The van der Waals surface area contributed by atoms with Crippen LogP contribution in [0.5, 0.6) is 0 Å². The molecule has 3 aliphatic carbocycles.